The number of halogens is 2. The van der Waals surface area contributed by atoms with Crippen LogP contribution >= 0.6 is 31.9 Å². The number of benzene rings is 1. The molecule has 18 heavy (non-hydrogen) atoms. The van der Waals surface area contributed by atoms with E-state index in [2.05, 4.69) is 57.8 Å². The zero-order chi connectivity index (χ0) is 13.7. The van der Waals surface area contributed by atoms with Crippen molar-refractivity contribution in [2.75, 3.05) is 6.61 Å². The minimum atomic E-state index is 0.163. The van der Waals surface area contributed by atoms with E-state index in [-0.39, 0.29) is 6.04 Å². The number of hydrogen-bond acceptors (Lipinski definition) is 2. The van der Waals surface area contributed by atoms with Crippen LogP contribution in [0.3, 0.4) is 0 Å². The van der Waals surface area contributed by atoms with Gasteiger partial charge < -0.3 is 10.5 Å². The van der Waals surface area contributed by atoms with Crippen molar-refractivity contribution in [1.82, 2.24) is 0 Å². The molecular weight excluding hydrogens is 358 g/mol. The van der Waals surface area contributed by atoms with Gasteiger partial charge in [0, 0.05) is 6.04 Å². The molecule has 2 N–H and O–H groups in total. The van der Waals surface area contributed by atoms with Gasteiger partial charge in [0.15, 0.2) is 0 Å². The molecule has 1 aromatic rings. The second kappa shape index (κ2) is 7.51. The second-order valence-corrected chi connectivity index (χ2v) is 6.81. The fraction of sp³-hybridized carbons (Fsp3) is 0.571. The highest BCUT2D eigenvalue weighted by Gasteiger charge is 2.10. The summed E-state index contributed by atoms with van der Waals surface area (Å²) in [5.41, 5.74) is 7.02. The fourth-order valence-corrected chi connectivity index (χ4v) is 3.15. The monoisotopic (exact) mass is 377 g/mol. The van der Waals surface area contributed by atoms with Crippen molar-refractivity contribution in [2.45, 2.75) is 39.7 Å². The van der Waals surface area contributed by atoms with E-state index >= 15 is 0 Å². The molecule has 102 valence electrons. The molecule has 4 heteroatoms. The molecule has 0 aliphatic rings. The van der Waals surface area contributed by atoms with Crippen LogP contribution in [-0.2, 0) is 6.42 Å². The van der Waals surface area contributed by atoms with Crippen LogP contribution in [0.5, 0.6) is 5.75 Å². The summed E-state index contributed by atoms with van der Waals surface area (Å²) >= 11 is 7.12. The van der Waals surface area contributed by atoms with Crippen LogP contribution in [0.1, 0.15) is 32.8 Å². The Bertz CT molecular complexity index is 368. The van der Waals surface area contributed by atoms with Crippen LogP contribution in [0.25, 0.3) is 0 Å². The molecule has 0 saturated heterocycles. The van der Waals surface area contributed by atoms with E-state index in [9.17, 15) is 0 Å². The van der Waals surface area contributed by atoms with Crippen molar-refractivity contribution in [2.24, 2.45) is 11.7 Å². The Hall–Kier alpha value is -0.0600. The van der Waals surface area contributed by atoms with Crippen molar-refractivity contribution in [1.29, 1.82) is 0 Å². The quantitative estimate of drug-likeness (QED) is 0.789. The van der Waals surface area contributed by atoms with Crippen LogP contribution in [-0.4, -0.2) is 12.6 Å². The van der Waals surface area contributed by atoms with Gasteiger partial charge in [-0.1, -0.05) is 13.8 Å². The van der Waals surface area contributed by atoms with Crippen LogP contribution in [0.4, 0.5) is 0 Å². The molecule has 2 nitrogen and oxygen atoms in total. The molecule has 1 aromatic carbocycles. The van der Waals surface area contributed by atoms with E-state index in [1.54, 1.807) is 0 Å². The first-order chi connectivity index (χ1) is 8.40. The van der Waals surface area contributed by atoms with Crippen LogP contribution in [0.2, 0.25) is 0 Å². The van der Waals surface area contributed by atoms with Gasteiger partial charge in [0.05, 0.1) is 15.6 Å². The van der Waals surface area contributed by atoms with Crippen LogP contribution in [0, 0.1) is 5.92 Å². The smallest absolute Gasteiger partial charge is 0.147 e. The molecule has 1 rings (SSSR count). The van der Waals surface area contributed by atoms with Gasteiger partial charge in [-0.2, -0.15) is 0 Å². The lowest BCUT2D eigenvalue weighted by Gasteiger charge is -2.14. The fourth-order valence-electron chi connectivity index (χ4n) is 1.64. The van der Waals surface area contributed by atoms with Gasteiger partial charge >= 0.3 is 0 Å². The number of nitrogens with two attached hydrogens (primary N) is 1. The average molecular weight is 379 g/mol. The number of ether oxygens (including phenoxy) is 1. The van der Waals surface area contributed by atoms with Crippen LogP contribution in [0.15, 0.2) is 21.1 Å². The van der Waals surface area contributed by atoms with Gasteiger partial charge in [-0.05, 0) is 75.2 Å². The van der Waals surface area contributed by atoms with Gasteiger partial charge in [0.25, 0.3) is 0 Å². The van der Waals surface area contributed by atoms with Gasteiger partial charge in [0.1, 0.15) is 5.75 Å². The summed E-state index contributed by atoms with van der Waals surface area (Å²) in [4.78, 5) is 0. The van der Waals surface area contributed by atoms with Crippen molar-refractivity contribution >= 4 is 31.9 Å². The lowest BCUT2D eigenvalue weighted by molar-refractivity contribution is 0.286. The molecule has 0 bridgehead atoms. The Balaban J connectivity index is 2.74. The SMILES string of the molecule is CC(C)CCOc1c(Br)cc(CC(C)N)cc1Br. The molecule has 0 amide bonds. The average Bonchev–Trinajstić information content (AvgIpc) is 2.20. The zero-order valence-electron chi connectivity index (χ0n) is 11.2. The normalized spacial score (nSPS) is 12.8. The van der Waals surface area contributed by atoms with E-state index in [0.29, 0.717) is 5.92 Å². The summed E-state index contributed by atoms with van der Waals surface area (Å²) in [6.07, 6.45) is 1.92. The summed E-state index contributed by atoms with van der Waals surface area (Å²) < 4.78 is 7.78. The maximum Gasteiger partial charge on any atom is 0.147 e. The molecule has 0 saturated carbocycles. The summed E-state index contributed by atoms with van der Waals surface area (Å²) in [6.45, 7) is 7.13. The predicted octanol–water partition coefficient (Wildman–Crippen LogP) is 4.53. The number of hydrogen-bond donors (Lipinski definition) is 1. The van der Waals surface area contributed by atoms with Gasteiger partial charge in [-0.3, -0.25) is 0 Å². The Labute approximate surface area is 127 Å². The largest absolute Gasteiger partial charge is 0.491 e. The molecule has 1 atom stereocenters. The Kier molecular flexibility index (Phi) is 6.67. The lowest BCUT2D eigenvalue weighted by Crippen LogP contribution is -2.17. The third-order valence-corrected chi connectivity index (χ3v) is 3.74. The highest BCUT2D eigenvalue weighted by atomic mass is 79.9. The standard InChI is InChI=1S/C14H21Br2NO/c1-9(2)4-5-18-14-12(15)7-11(6-10(3)17)8-13(14)16/h7-10H,4-6,17H2,1-3H3. The Morgan fingerprint density at radius 1 is 1.17 bits per heavy atom. The summed E-state index contributed by atoms with van der Waals surface area (Å²) in [6, 6.07) is 4.33. The van der Waals surface area contributed by atoms with Gasteiger partial charge in [-0.15, -0.1) is 0 Å². The second-order valence-electron chi connectivity index (χ2n) is 5.10. The third kappa shape index (κ3) is 5.29. The number of rotatable bonds is 6. The van der Waals surface area contributed by atoms with E-state index in [1.807, 2.05) is 6.92 Å². The lowest BCUT2D eigenvalue weighted by atomic mass is 10.1. The maximum absolute atomic E-state index is 5.81. The first-order valence-corrected chi connectivity index (χ1v) is 7.85. The highest BCUT2D eigenvalue weighted by Crippen LogP contribution is 2.35. The van der Waals surface area contributed by atoms with E-state index in [4.69, 9.17) is 10.5 Å². The molecule has 0 aromatic heterocycles. The predicted molar refractivity (Wildman–Crippen MR) is 84.1 cm³/mol. The molecular formula is C14H21Br2NO. The summed E-state index contributed by atoms with van der Waals surface area (Å²) in [5, 5.41) is 0. The first-order valence-electron chi connectivity index (χ1n) is 6.26. The van der Waals surface area contributed by atoms with Crippen molar-refractivity contribution in [3.05, 3.63) is 26.6 Å². The van der Waals surface area contributed by atoms with E-state index < -0.39 is 0 Å². The Morgan fingerprint density at radius 3 is 2.17 bits per heavy atom. The van der Waals surface area contributed by atoms with Crippen molar-refractivity contribution < 1.29 is 4.74 Å². The first kappa shape index (κ1) is 16.0. The third-order valence-electron chi connectivity index (χ3n) is 2.56. The van der Waals surface area contributed by atoms with Crippen molar-refractivity contribution in [3.63, 3.8) is 0 Å². The van der Waals surface area contributed by atoms with Crippen LogP contribution < -0.4 is 10.5 Å². The molecule has 0 heterocycles. The minimum absolute atomic E-state index is 0.163. The van der Waals surface area contributed by atoms with Gasteiger partial charge in [0.2, 0.25) is 0 Å². The van der Waals surface area contributed by atoms with E-state index in [0.717, 1.165) is 34.1 Å². The highest BCUT2D eigenvalue weighted by molar-refractivity contribution is 9.11. The molecule has 0 aliphatic carbocycles. The van der Waals surface area contributed by atoms with Crippen molar-refractivity contribution in [3.8, 4) is 5.75 Å². The molecule has 1 unspecified atom stereocenters. The molecule has 0 radical (unpaired) electrons. The van der Waals surface area contributed by atoms with E-state index in [1.165, 1.54) is 5.56 Å². The van der Waals surface area contributed by atoms with Gasteiger partial charge in [-0.25, -0.2) is 0 Å². The summed E-state index contributed by atoms with van der Waals surface area (Å²) in [5.74, 6) is 1.53. The Morgan fingerprint density at radius 2 is 1.72 bits per heavy atom. The summed E-state index contributed by atoms with van der Waals surface area (Å²) in [7, 11) is 0. The zero-order valence-corrected chi connectivity index (χ0v) is 14.3. The molecule has 0 spiro atoms. The molecule has 0 fully saturated rings. The molecule has 0 aliphatic heterocycles. The maximum atomic E-state index is 5.81. The minimum Gasteiger partial charge on any atom is -0.491 e. The topological polar surface area (TPSA) is 35.2 Å².